The van der Waals surface area contributed by atoms with Crippen molar-refractivity contribution < 1.29 is 9.59 Å². The monoisotopic (exact) mass is 348 g/mol. The number of carbonyl (C=O) groups is 2. The summed E-state index contributed by atoms with van der Waals surface area (Å²) < 4.78 is 1.69. The number of aryl methyl sites for hydroxylation is 1. The molecule has 132 valence electrons. The number of amides is 2. The van der Waals surface area contributed by atoms with Crippen LogP contribution in [-0.2, 0) is 0 Å². The molecule has 26 heavy (non-hydrogen) atoms. The summed E-state index contributed by atoms with van der Waals surface area (Å²) in [6, 6.07) is 16.4. The number of aromatic nitrogens is 2. The van der Waals surface area contributed by atoms with Gasteiger partial charge in [-0.3, -0.25) is 9.59 Å². The minimum atomic E-state index is -0.191. The van der Waals surface area contributed by atoms with Crippen molar-refractivity contribution in [2.45, 2.75) is 6.92 Å². The van der Waals surface area contributed by atoms with Gasteiger partial charge >= 0.3 is 0 Å². The van der Waals surface area contributed by atoms with Crippen molar-refractivity contribution in [2.24, 2.45) is 0 Å². The SMILES string of the molecule is Cc1cccc(C(=O)NCCNC(=O)c2cccc(-n3cccn3)c2)c1. The zero-order valence-corrected chi connectivity index (χ0v) is 14.5. The fourth-order valence-corrected chi connectivity index (χ4v) is 2.55. The third-order valence-corrected chi connectivity index (χ3v) is 3.85. The molecule has 0 radical (unpaired) electrons. The highest BCUT2D eigenvalue weighted by atomic mass is 16.2. The molecule has 3 aromatic rings. The summed E-state index contributed by atoms with van der Waals surface area (Å²) in [6.07, 6.45) is 3.50. The summed E-state index contributed by atoms with van der Waals surface area (Å²) in [5, 5.41) is 9.76. The first kappa shape index (κ1) is 17.4. The molecule has 6 nitrogen and oxygen atoms in total. The van der Waals surface area contributed by atoms with E-state index in [0.717, 1.165) is 11.3 Å². The fraction of sp³-hybridized carbons (Fsp3) is 0.150. The zero-order chi connectivity index (χ0) is 18.4. The van der Waals surface area contributed by atoms with Crippen LogP contribution < -0.4 is 10.6 Å². The topological polar surface area (TPSA) is 76.0 Å². The predicted molar refractivity (Wildman–Crippen MR) is 99.4 cm³/mol. The molecule has 0 saturated carbocycles. The molecule has 0 atom stereocenters. The van der Waals surface area contributed by atoms with Gasteiger partial charge in [0.25, 0.3) is 11.8 Å². The van der Waals surface area contributed by atoms with Crippen molar-refractivity contribution in [2.75, 3.05) is 13.1 Å². The van der Waals surface area contributed by atoms with Gasteiger partial charge in [0.05, 0.1) is 5.69 Å². The largest absolute Gasteiger partial charge is 0.350 e. The Kier molecular flexibility index (Phi) is 5.43. The van der Waals surface area contributed by atoms with E-state index in [1.54, 1.807) is 29.1 Å². The highest BCUT2D eigenvalue weighted by Crippen LogP contribution is 2.09. The van der Waals surface area contributed by atoms with Crippen molar-refractivity contribution in [3.8, 4) is 5.69 Å². The Morgan fingerprint density at radius 3 is 2.19 bits per heavy atom. The van der Waals surface area contributed by atoms with Gasteiger partial charge in [-0.15, -0.1) is 0 Å². The van der Waals surface area contributed by atoms with Crippen LogP contribution in [0.5, 0.6) is 0 Å². The zero-order valence-electron chi connectivity index (χ0n) is 14.5. The van der Waals surface area contributed by atoms with Crippen LogP contribution in [0.1, 0.15) is 26.3 Å². The van der Waals surface area contributed by atoms with Gasteiger partial charge in [-0.2, -0.15) is 5.10 Å². The molecule has 2 amide bonds. The van der Waals surface area contributed by atoms with Crippen LogP contribution in [0, 0.1) is 6.92 Å². The highest BCUT2D eigenvalue weighted by molar-refractivity contribution is 5.95. The van der Waals surface area contributed by atoms with Gasteiger partial charge in [-0.1, -0.05) is 23.8 Å². The minimum absolute atomic E-state index is 0.149. The third-order valence-electron chi connectivity index (χ3n) is 3.85. The summed E-state index contributed by atoms with van der Waals surface area (Å²) in [6.45, 7) is 2.65. The normalized spacial score (nSPS) is 10.3. The lowest BCUT2D eigenvalue weighted by atomic mass is 10.1. The van der Waals surface area contributed by atoms with E-state index in [9.17, 15) is 9.59 Å². The molecule has 0 aliphatic heterocycles. The number of hydrogen-bond donors (Lipinski definition) is 2. The van der Waals surface area contributed by atoms with Crippen LogP contribution in [0.3, 0.4) is 0 Å². The van der Waals surface area contributed by atoms with E-state index in [4.69, 9.17) is 0 Å². The summed E-state index contributed by atoms with van der Waals surface area (Å²) in [5.74, 6) is -0.340. The molecule has 0 unspecified atom stereocenters. The molecule has 2 N–H and O–H groups in total. The van der Waals surface area contributed by atoms with Crippen LogP contribution in [0.25, 0.3) is 5.69 Å². The maximum absolute atomic E-state index is 12.3. The van der Waals surface area contributed by atoms with Crippen molar-refractivity contribution in [1.29, 1.82) is 0 Å². The van der Waals surface area contributed by atoms with Crippen LogP contribution in [0.15, 0.2) is 67.0 Å². The lowest BCUT2D eigenvalue weighted by Gasteiger charge is -2.09. The van der Waals surface area contributed by atoms with Crippen molar-refractivity contribution in [3.63, 3.8) is 0 Å². The summed E-state index contributed by atoms with van der Waals surface area (Å²) in [5.41, 5.74) is 3.00. The Bertz CT molecular complexity index is 904. The second kappa shape index (κ2) is 8.11. The molecule has 0 aliphatic rings. The highest BCUT2D eigenvalue weighted by Gasteiger charge is 2.08. The summed E-state index contributed by atoms with van der Waals surface area (Å²) in [4.78, 5) is 24.3. The molecule has 0 bridgehead atoms. The van der Waals surface area contributed by atoms with Crippen LogP contribution in [0.4, 0.5) is 0 Å². The van der Waals surface area contributed by atoms with Gasteiger partial charge in [0.15, 0.2) is 0 Å². The van der Waals surface area contributed by atoms with Gasteiger partial charge in [0, 0.05) is 36.6 Å². The molecular formula is C20H20N4O2. The maximum Gasteiger partial charge on any atom is 0.251 e. The molecular weight excluding hydrogens is 328 g/mol. The summed E-state index contributed by atoms with van der Waals surface area (Å²) >= 11 is 0. The molecule has 1 aromatic heterocycles. The van der Waals surface area contributed by atoms with E-state index >= 15 is 0 Å². The van der Waals surface area contributed by atoms with Crippen molar-refractivity contribution in [1.82, 2.24) is 20.4 Å². The van der Waals surface area contributed by atoms with Crippen LogP contribution in [0.2, 0.25) is 0 Å². The number of carbonyl (C=O) groups excluding carboxylic acids is 2. The summed E-state index contributed by atoms with van der Waals surface area (Å²) in [7, 11) is 0. The smallest absolute Gasteiger partial charge is 0.251 e. The first-order valence-electron chi connectivity index (χ1n) is 8.36. The molecule has 0 spiro atoms. The van der Waals surface area contributed by atoms with E-state index < -0.39 is 0 Å². The van der Waals surface area contributed by atoms with Crippen LogP contribution >= 0.6 is 0 Å². The van der Waals surface area contributed by atoms with Gasteiger partial charge in [-0.25, -0.2) is 4.68 Å². The lowest BCUT2D eigenvalue weighted by molar-refractivity contribution is 0.0927. The Hall–Kier alpha value is -3.41. The average Bonchev–Trinajstić information content (AvgIpc) is 3.20. The number of nitrogens with one attached hydrogen (secondary N) is 2. The Balaban J connectivity index is 1.50. The molecule has 1 heterocycles. The third kappa shape index (κ3) is 4.36. The second-order valence-corrected chi connectivity index (χ2v) is 5.88. The predicted octanol–water partition coefficient (Wildman–Crippen LogP) is 2.34. The molecule has 6 heteroatoms. The number of rotatable bonds is 6. The number of hydrogen-bond acceptors (Lipinski definition) is 3. The molecule has 3 rings (SSSR count). The molecule has 0 saturated heterocycles. The lowest BCUT2D eigenvalue weighted by Crippen LogP contribution is -2.34. The number of benzene rings is 2. The van der Waals surface area contributed by atoms with Crippen molar-refractivity contribution >= 4 is 11.8 Å². The van der Waals surface area contributed by atoms with E-state index in [0.29, 0.717) is 24.2 Å². The number of nitrogens with zero attached hydrogens (tertiary/aromatic N) is 2. The molecule has 0 fully saturated rings. The van der Waals surface area contributed by atoms with E-state index in [1.807, 2.05) is 49.5 Å². The van der Waals surface area contributed by atoms with Crippen molar-refractivity contribution in [3.05, 3.63) is 83.7 Å². The average molecular weight is 348 g/mol. The van der Waals surface area contributed by atoms with E-state index in [2.05, 4.69) is 15.7 Å². The van der Waals surface area contributed by atoms with E-state index in [-0.39, 0.29) is 11.8 Å². The second-order valence-electron chi connectivity index (χ2n) is 5.88. The first-order valence-corrected chi connectivity index (χ1v) is 8.36. The van der Waals surface area contributed by atoms with Gasteiger partial charge < -0.3 is 10.6 Å². The molecule has 0 aliphatic carbocycles. The Morgan fingerprint density at radius 1 is 0.923 bits per heavy atom. The van der Waals surface area contributed by atoms with Gasteiger partial charge in [0.2, 0.25) is 0 Å². The van der Waals surface area contributed by atoms with Gasteiger partial charge in [0.1, 0.15) is 0 Å². The standard InChI is InChI=1S/C20H20N4O2/c1-15-5-2-6-16(13-15)19(25)21-10-11-22-20(26)17-7-3-8-18(14-17)24-12-4-9-23-24/h2-9,12-14H,10-11H2,1H3,(H,21,25)(H,22,26). The fourth-order valence-electron chi connectivity index (χ4n) is 2.55. The van der Waals surface area contributed by atoms with E-state index in [1.165, 1.54) is 0 Å². The maximum atomic E-state index is 12.3. The quantitative estimate of drug-likeness (QED) is 0.672. The molecule has 2 aromatic carbocycles. The van der Waals surface area contributed by atoms with Crippen LogP contribution in [-0.4, -0.2) is 34.7 Å². The first-order chi connectivity index (χ1) is 12.6. The minimum Gasteiger partial charge on any atom is -0.350 e. The Morgan fingerprint density at radius 2 is 1.58 bits per heavy atom. The Labute approximate surface area is 151 Å². The van der Waals surface area contributed by atoms with Gasteiger partial charge in [-0.05, 0) is 43.3 Å².